The Balaban J connectivity index is 1.99. The molecular weight excluding hydrogens is 170 g/mol. The summed E-state index contributed by atoms with van der Waals surface area (Å²) in [6.45, 7) is 2.34. The van der Waals surface area contributed by atoms with Crippen molar-refractivity contribution in [3.05, 3.63) is 11.6 Å². The lowest BCUT2D eigenvalue weighted by molar-refractivity contribution is 0.461. The van der Waals surface area contributed by atoms with Gasteiger partial charge in [-0.3, -0.25) is 0 Å². The van der Waals surface area contributed by atoms with Crippen LogP contribution in [-0.4, -0.2) is 6.04 Å². The number of rotatable bonds is 2. The summed E-state index contributed by atoms with van der Waals surface area (Å²) in [4.78, 5) is 0. The first-order valence-corrected chi connectivity index (χ1v) is 6.17. The van der Waals surface area contributed by atoms with Gasteiger partial charge in [0.1, 0.15) is 0 Å². The molecule has 1 nitrogen and oxygen atoms in total. The van der Waals surface area contributed by atoms with Crippen molar-refractivity contribution in [2.45, 2.75) is 64.3 Å². The van der Waals surface area contributed by atoms with Crippen LogP contribution in [0.3, 0.4) is 0 Å². The highest BCUT2D eigenvalue weighted by atomic mass is 14.7. The normalized spacial score (nSPS) is 28.6. The minimum atomic E-state index is 0.362. The molecule has 2 rings (SSSR count). The fourth-order valence-corrected chi connectivity index (χ4v) is 2.45. The van der Waals surface area contributed by atoms with Gasteiger partial charge in [-0.1, -0.05) is 31.4 Å². The van der Waals surface area contributed by atoms with Gasteiger partial charge in [0.2, 0.25) is 0 Å². The van der Waals surface area contributed by atoms with E-state index in [9.17, 15) is 0 Å². The van der Waals surface area contributed by atoms with Gasteiger partial charge in [0.05, 0.1) is 0 Å². The van der Waals surface area contributed by atoms with E-state index in [1.807, 2.05) is 0 Å². The van der Waals surface area contributed by atoms with Crippen LogP contribution in [-0.2, 0) is 0 Å². The Labute approximate surface area is 87.8 Å². The summed E-state index contributed by atoms with van der Waals surface area (Å²) in [5.74, 6) is 0. The molecule has 2 aliphatic carbocycles. The molecule has 0 aromatic heterocycles. The van der Waals surface area contributed by atoms with Crippen LogP contribution in [0.25, 0.3) is 0 Å². The lowest BCUT2D eigenvalue weighted by atomic mass is 9.87. The van der Waals surface area contributed by atoms with E-state index in [0.717, 1.165) is 0 Å². The van der Waals surface area contributed by atoms with Gasteiger partial charge in [0.25, 0.3) is 0 Å². The second kappa shape index (κ2) is 4.06. The highest BCUT2D eigenvalue weighted by Crippen LogP contribution is 2.49. The Hall–Kier alpha value is -0.300. The number of nitrogens with two attached hydrogens (primary N) is 1. The van der Waals surface area contributed by atoms with E-state index < -0.39 is 0 Å². The Morgan fingerprint density at radius 2 is 1.93 bits per heavy atom. The van der Waals surface area contributed by atoms with Crippen LogP contribution in [0.2, 0.25) is 0 Å². The molecule has 0 amide bonds. The third-order valence-corrected chi connectivity index (χ3v) is 4.02. The van der Waals surface area contributed by atoms with Crippen LogP contribution < -0.4 is 5.73 Å². The summed E-state index contributed by atoms with van der Waals surface area (Å²) in [7, 11) is 0. The summed E-state index contributed by atoms with van der Waals surface area (Å²) in [6.07, 6.45) is 13.2. The maximum Gasteiger partial charge on any atom is 0.0308 e. The van der Waals surface area contributed by atoms with Gasteiger partial charge in [-0.2, -0.15) is 0 Å². The van der Waals surface area contributed by atoms with Crippen molar-refractivity contribution < 1.29 is 0 Å². The molecule has 1 unspecified atom stereocenters. The minimum Gasteiger partial charge on any atom is -0.324 e. The molecule has 2 aliphatic rings. The topological polar surface area (TPSA) is 26.0 Å². The molecule has 2 N–H and O–H groups in total. The molecular formula is C13H23N. The summed E-state index contributed by atoms with van der Waals surface area (Å²) >= 11 is 0. The van der Waals surface area contributed by atoms with E-state index in [-0.39, 0.29) is 0 Å². The van der Waals surface area contributed by atoms with Crippen LogP contribution in [0.5, 0.6) is 0 Å². The van der Waals surface area contributed by atoms with Gasteiger partial charge in [-0.25, -0.2) is 0 Å². The van der Waals surface area contributed by atoms with E-state index in [2.05, 4.69) is 13.0 Å². The van der Waals surface area contributed by atoms with Crippen LogP contribution in [0.1, 0.15) is 58.3 Å². The second-order valence-electron chi connectivity index (χ2n) is 5.36. The van der Waals surface area contributed by atoms with E-state index in [4.69, 9.17) is 5.73 Å². The molecule has 1 atom stereocenters. The standard InChI is InChI=1S/C13H23N/c1-13(9-10-13)12(14)11-7-5-3-2-4-6-8-11/h7,12H,2-6,8-10,14H2,1H3. The van der Waals surface area contributed by atoms with E-state index in [1.54, 1.807) is 5.57 Å². The van der Waals surface area contributed by atoms with Gasteiger partial charge in [0, 0.05) is 6.04 Å². The zero-order valence-corrected chi connectivity index (χ0v) is 9.39. The number of allylic oxidation sites excluding steroid dienone is 1. The lowest BCUT2D eigenvalue weighted by Crippen LogP contribution is -2.32. The summed E-state index contributed by atoms with van der Waals surface area (Å²) < 4.78 is 0. The SMILES string of the molecule is CC1(C(N)C2=CCCCCCC2)CC1. The van der Waals surface area contributed by atoms with Crippen LogP contribution in [0.4, 0.5) is 0 Å². The molecule has 14 heavy (non-hydrogen) atoms. The third-order valence-electron chi connectivity index (χ3n) is 4.02. The first-order valence-electron chi connectivity index (χ1n) is 6.17. The molecule has 0 spiro atoms. The fraction of sp³-hybridized carbons (Fsp3) is 0.846. The maximum absolute atomic E-state index is 6.34. The van der Waals surface area contributed by atoms with E-state index in [1.165, 1.54) is 51.4 Å². The number of hydrogen-bond acceptors (Lipinski definition) is 1. The average Bonchev–Trinajstić information content (AvgIpc) is 2.83. The molecule has 0 aliphatic heterocycles. The average molecular weight is 193 g/mol. The molecule has 0 saturated heterocycles. The van der Waals surface area contributed by atoms with Crippen molar-refractivity contribution in [2.24, 2.45) is 11.1 Å². The molecule has 1 saturated carbocycles. The summed E-state index contributed by atoms with van der Waals surface area (Å²) in [5, 5.41) is 0. The molecule has 0 heterocycles. The van der Waals surface area contributed by atoms with Gasteiger partial charge in [-0.05, 0) is 43.9 Å². The minimum absolute atomic E-state index is 0.362. The van der Waals surface area contributed by atoms with Crippen molar-refractivity contribution in [2.75, 3.05) is 0 Å². The molecule has 0 aromatic rings. The van der Waals surface area contributed by atoms with Gasteiger partial charge in [0.15, 0.2) is 0 Å². The van der Waals surface area contributed by atoms with Crippen molar-refractivity contribution in [1.29, 1.82) is 0 Å². The monoisotopic (exact) mass is 193 g/mol. The van der Waals surface area contributed by atoms with Crippen molar-refractivity contribution in [3.63, 3.8) is 0 Å². The van der Waals surface area contributed by atoms with Crippen LogP contribution in [0, 0.1) is 5.41 Å². The Morgan fingerprint density at radius 3 is 2.64 bits per heavy atom. The van der Waals surface area contributed by atoms with E-state index >= 15 is 0 Å². The Bertz CT molecular complexity index is 225. The summed E-state index contributed by atoms with van der Waals surface area (Å²) in [5.41, 5.74) is 8.36. The fourth-order valence-electron chi connectivity index (χ4n) is 2.45. The Kier molecular flexibility index (Phi) is 2.96. The van der Waals surface area contributed by atoms with Gasteiger partial charge < -0.3 is 5.73 Å². The quantitative estimate of drug-likeness (QED) is 0.668. The van der Waals surface area contributed by atoms with Gasteiger partial charge in [-0.15, -0.1) is 0 Å². The molecule has 1 heteroatoms. The molecule has 0 bridgehead atoms. The second-order valence-corrected chi connectivity index (χ2v) is 5.36. The lowest BCUT2D eigenvalue weighted by Gasteiger charge is -2.23. The van der Waals surface area contributed by atoms with Crippen molar-refractivity contribution >= 4 is 0 Å². The zero-order chi connectivity index (χ0) is 10.0. The molecule has 0 radical (unpaired) electrons. The molecule has 0 aromatic carbocycles. The van der Waals surface area contributed by atoms with Gasteiger partial charge >= 0.3 is 0 Å². The van der Waals surface area contributed by atoms with Crippen LogP contribution in [0.15, 0.2) is 11.6 Å². The van der Waals surface area contributed by atoms with Crippen LogP contribution >= 0.6 is 0 Å². The zero-order valence-electron chi connectivity index (χ0n) is 9.39. The predicted octanol–water partition coefficient (Wildman–Crippen LogP) is 3.39. The summed E-state index contributed by atoms with van der Waals surface area (Å²) in [6, 6.07) is 0.362. The Morgan fingerprint density at radius 1 is 1.21 bits per heavy atom. The highest BCUT2D eigenvalue weighted by Gasteiger charge is 2.44. The maximum atomic E-state index is 6.34. The van der Waals surface area contributed by atoms with Crippen molar-refractivity contribution in [1.82, 2.24) is 0 Å². The third kappa shape index (κ3) is 2.20. The first-order chi connectivity index (χ1) is 6.72. The van der Waals surface area contributed by atoms with E-state index in [0.29, 0.717) is 11.5 Å². The molecule has 80 valence electrons. The first kappa shape index (κ1) is 10.2. The molecule has 1 fully saturated rings. The van der Waals surface area contributed by atoms with Crippen molar-refractivity contribution in [3.8, 4) is 0 Å². The predicted molar refractivity (Wildman–Crippen MR) is 61.1 cm³/mol. The smallest absolute Gasteiger partial charge is 0.0308 e. The highest BCUT2D eigenvalue weighted by molar-refractivity contribution is 5.18. The number of hydrogen-bond donors (Lipinski definition) is 1. The largest absolute Gasteiger partial charge is 0.324 e.